The molecule has 18 heavy (non-hydrogen) atoms. The molecule has 1 fully saturated rings. The van der Waals surface area contributed by atoms with Gasteiger partial charge in [-0.1, -0.05) is 0 Å². The molecule has 1 aliphatic rings. The van der Waals surface area contributed by atoms with Crippen LogP contribution in [0.4, 0.5) is 0 Å². The normalized spacial score (nSPS) is 23.1. The van der Waals surface area contributed by atoms with Crippen LogP contribution >= 0.6 is 0 Å². The molecule has 0 aromatic carbocycles. The van der Waals surface area contributed by atoms with E-state index in [1.807, 2.05) is 19.9 Å². The van der Waals surface area contributed by atoms with Crippen LogP contribution < -0.4 is 15.2 Å². The van der Waals surface area contributed by atoms with Crippen molar-refractivity contribution in [1.82, 2.24) is 9.97 Å². The lowest BCUT2D eigenvalue weighted by Crippen LogP contribution is -2.28. The molecular formula is C13H21N3O2. The lowest BCUT2D eigenvalue weighted by Gasteiger charge is -2.18. The van der Waals surface area contributed by atoms with Crippen molar-refractivity contribution in [3.8, 4) is 11.9 Å². The van der Waals surface area contributed by atoms with Crippen molar-refractivity contribution < 1.29 is 9.47 Å². The van der Waals surface area contributed by atoms with Gasteiger partial charge >= 0.3 is 6.01 Å². The Morgan fingerprint density at radius 3 is 2.94 bits per heavy atom. The Morgan fingerprint density at radius 2 is 2.22 bits per heavy atom. The maximum Gasteiger partial charge on any atom is 0.320 e. The minimum absolute atomic E-state index is 0.145. The van der Waals surface area contributed by atoms with E-state index in [-0.39, 0.29) is 6.10 Å². The minimum atomic E-state index is 0.145. The van der Waals surface area contributed by atoms with E-state index in [2.05, 4.69) is 9.97 Å². The highest BCUT2D eigenvalue weighted by Gasteiger charge is 2.28. The summed E-state index contributed by atoms with van der Waals surface area (Å²) < 4.78 is 11.3. The van der Waals surface area contributed by atoms with Crippen LogP contribution in [0.3, 0.4) is 0 Å². The summed E-state index contributed by atoms with van der Waals surface area (Å²) in [5.74, 6) is 0.993. The van der Waals surface area contributed by atoms with E-state index in [0.29, 0.717) is 31.0 Å². The molecule has 0 bridgehead atoms. The fourth-order valence-electron chi connectivity index (χ4n) is 2.35. The fourth-order valence-corrected chi connectivity index (χ4v) is 2.35. The Labute approximate surface area is 108 Å². The van der Waals surface area contributed by atoms with Gasteiger partial charge in [0.05, 0.1) is 6.61 Å². The molecule has 5 nitrogen and oxygen atoms in total. The SMILES string of the molecule is CCOc1cc(C)nc(OC2CCCC2CN)n1. The van der Waals surface area contributed by atoms with Crippen LogP contribution in [0.15, 0.2) is 6.07 Å². The topological polar surface area (TPSA) is 70.3 Å². The molecule has 2 rings (SSSR count). The highest BCUT2D eigenvalue weighted by atomic mass is 16.5. The third-order valence-corrected chi connectivity index (χ3v) is 3.25. The van der Waals surface area contributed by atoms with Crippen LogP contribution in [0.25, 0.3) is 0 Å². The minimum Gasteiger partial charge on any atom is -0.478 e. The summed E-state index contributed by atoms with van der Waals surface area (Å²) in [4.78, 5) is 8.55. The monoisotopic (exact) mass is 251 g/mol. The van der Waals surface area contributed by atoms with Gasteiger partial charge in [0, 0.05) is 17.7 Å². The summed E-state index contributed by atoms with van der Waals surface area (Å²) in [6.07, 6.45) is 3.47. The number of rotatable bonds is 5. The summed E-state index contributed by atoms with van der Waals surface area (Å²) in [7, 11) is 0. The second-order valence-electron chi connectivity index (χ2n) is 4.65. The van der Waals surface area contributed by atoms with Gasteiger partial charge in [0.15, 0.2) is 0 Å². The zero-order valence-electron chi connectivity index (χ0n) is 11.1. The van der Waals surface area contributed by atoms with E-state index < -0.39 is 0 Å². The van der Waals surface area contributed by atoms with E-state index in [0.717, 1.165) is 25.0 Å². The lowest BCUT2D eigenvalue weighted by molar-refractivity contribution is 0.146. The van der Waals surface area contributed by atoms with Crippen LogP contribution in [0.2, 0.25) is 0 Å². The first-order chi connectivity index (χ1) is 8.72. The molecule has 0 saturated heterocycles. The first-order valence-electron chi connectivity index (χ1n) is 6.58. The maximum atomic E-state index is 5.86. The van der Waals surface area contributed by atoms with E-state index in [1.165, 1.54) is 0 Å². The van der Waals surface area contributed by atoms with Gasteiger partial charge in [0.1, 0.15) is 6.10 Å². The first kappa shape index (κ1) is 13.1. The number of nitrogens with zero attached hydrogens (tertiary/aromatic N) is 2. The summed E-state index contributed by atoms with van der Waals surface area (Å²) in [6, 6.07) is 2.22. The number of aromatic nitrogens is 2. The average molecular weight is 251 g/mol. The van der Waals surface area contributed by atoms with Gasteiger partial charge in [-0.05, 0) is 39.7 Å². The first-order valence-corrected chi connectivity index (χ1v) is 6.58. The number of ether oxygens (including phenoxy) is 2. The van der Waals surface area contributed by atoms with Crippen LogP contribution in [-0.2, 0) is 0 Å². The number of hydrogen-bond acceptors (Lipinski definition) is 5. The number of aryl methyl sites for hydroxylation is 1. The van der Waals surface area contributed by atoms with Gasteiger partial charge < -0.3 is 15.2 Å². The van der Waals surface area contributed by atoms with Crippen molar-refractivity contribution >= 4 is 0 Å². The molecule has 2 unspecified atom stereocenters. The van der Waals surface area contributed by atoms with Crippen molar-refractivity contribution in [2.24, 2.45) is 11.7 Å². The Balaban J connectivity index is 2.08. The molecule has 5 heteroatoms. The van der Waals surface area contributed by atoms with Gasteiger partial charge in [-0.15, -0.1) is 0 Å². The lowest BCUT2D eigenvalue weighted by atomic mass is 10.1. The van der Waals surface area contributed by atoms with Crippen molar-refractivity contribution in [3.05, 3.63) is 11.8 Å². The molecule has 0 aliphatic heterocycles. The molecular weight excluding hydrogens is 230 g/mol. The van der Waals surface area contributed by atoms with E-state index in [1.54, 1.807) is 0 Å². The van der Waals surface area contributed by atoms with E-state index in [9.17, 15) is 0 Å². The molecule has 0 radical (unpaired) electrons. The largest absolute Gasteiger partial charge is 0.478 e. The molecule has 100 valence electrons. The fraction of sp³-hybridized carbons (Fsp3) is 0.692. The molecule has 1 heterocycles. The van der Waals surface area contributed by atoms with Gasteiger partial charge in [0.2, 0.25) is 5.88 Å². The molecule has 0 amide bonds. The van der Waals surface area contributed by atoms with Crippen molar-refractivity contribution in [1.29, 1.82) is 0 Å². The van der Waals surface area contributed by atoms with Crippen LogP contribution in [0.1, 0.15) is 31.9 Å². The van der Waals surface area contributed by atoms with Gasteiger partial charge in [-0.2, -0.15) is 4.98 Å². The third kappa shape index (κ3) is 3.10. The molecule has 1 aromatic rings. The Hall–Kier alpha value is -1.36. The van der Waals surface area contributed by atoms with Gasteiger partial charge in [0.25, 0.3) is 0 Å². The maximum absolute atomic E-state index is 5.86. The zero-order chi connectivity index (χ0) is 13.0. The van der Waals surface area contributed by atoms with E-state index >= 15 is 0 Å². The molecule has 1 aliphatic carbocycles. The van der Waals surface area contributed by atoms with Gasteiger partial charge in [-0.3, -0.25) is 0 Å². The van der Waals surface area contributed by atoms with E-state index in [4.69, 9.17) is 15.2 Å². The van der Waals surface area contributed by atoms with Gasteiger partial charge in [-0.25, -0.2) is 4.98 Å². The quantitative estimate of drug-likeness (QED) is 0.862. The molecule has 2 N–H and O–H groups in total. The summed E-state index contributed by atoms with van der Waals surface area (Å²) in [5.41, 5.74) is 6.59. The van der Waals surface area contributed by atoms with Crippen LogP contribution in [-0.4, -0.2) is 29.2 Å². The highest BCUT2D eigenvalue weighted by Crippen LogP contribution is 2.28. The molecule has 2 atom stereocenters. The van der Waals surface area contributed by atoms with Crippen LogP contribution in [0.5, 0.6) is 11.9 Å². The smallest absolute Gasteiger partial charge is 0.320 e. The second-order valence-corrected chi connectivity index (χ2v) is 4.65. The average Bonchev–Trinajstić information content (AvgIpc) is 2.76. The zero-order valence-corrected chi connectivity index (χ0v) is 11.1. The predicted octanol–water partition coefficient (Wildman–Crippen LogP) is 1.69. The number of nitrogens with two attached hydrogens (primary N) is 1. The molecule has 1 saturated carbocycles. The summed E-state index contributed by atoms with van der Waals surface area (Å²) >= 11 is 0. The number of hydrogen-bond donors (Lipinski definition) is 1. The standard InChI is InChI=1S/C13H21N3O2/c1-3-17-12-7-9(2)15-13(16-12)18-11-6-4-5-10(11)8-14/h7,10-11H,3-6,8,14H2,1-2H3. The molecule has 1 aromatic heterocycles. The highest BCUT2D eigenvalue weighted by molar-refractivity contribution is 5.17. The summed E-state index contributed by atoms with van der Waals surface area (Å²) in [5, 5.41) is 0. The third-order valence-electron chi connectivity index (χ3n) is 3.25. The Kier molecular flexibility index (Phi) is 4.36. The Bertz CT molecular complexity index is 398. The predicted molar refractivity (Wildman–Crippen MR) is 68.7 cm³/mol. The Morgan fingerprint density at radius 1 is 1.39 bits per heavy atom. The molecule has 0 spiro atoms. The van der Waals surface area contributed by atoms with Crippen molar-refractivity contribution in [3.63, 3.8) is 0 Å². The van der Waals surface area contributed by atoms with Crippen molar-refractivity contribution in [2.75, 3.05) is 13.2 Å². The van der Waals surface area contributed by atoms with Crippen LogP contribution in [0, 0.1) is 12.8 Å². The summed E-state index contributed by atoms with van der Waals surface area (Å²) in [6.45, 7) is 5.09. The van der Waals surface area contributed by atoms with Crippen molar-refractivity contribution in [2.45, 2.75) is 39.2 Å². The second kappa shape index (κ2) is 6.00.